The van der Waals surface area contributed by atoms with Gasteiger partial charge in [-0.15, -0.1) is 5.10 Å². The molecule has 0 atom stereocenters. The molecule has 3 rings (SSSR count). The van der Waals surface area contributed by atoms with Gasteiger partial charge in [0.1, 0.15) is 6.33 Å². The predicted molar refractivity (Wildman–Crippen MR) is 102 cm³/mol. The third-order valence-corrected chi connectivity index (χ3v) is 5.60. The van der Waals surface area contributed by atoms with Crippen molar-refractivity contribution in [3.63, 3.8) is 0 Å². The molecule has 0 saturated carbocycles. The average Bonchev–Trinajstić information content (AvgIpc) is 3.00. The Bertz CT molecular complexity index is 866. The van der Waals surface area contributed by atoms with Gasteiger partial charge in [0.15, 0.2) is 0 Å². The molecular weight excluding hydrogens is 408 g/mol. The van der Waals surface area contributed by atoms with Crippen LogP contribution in [0.5, 0.6) is 0 Å². The molecule has 24 heavy (non-hydrogen) atoms. The number of rotatable bonds is 5. The average molecular weight is 419 g/mol. The van der Waals surface area contributed by atoms with Crippen LogP contribution < -0.4 is 0 Å². The second kappa shape index (κ2) is 7.98. The van der Waals surface area contributed by atoms with Crippen molar-refractivity contribution in [2.45, 2.75) is 17.5 Å². The fraction of sp³-hybridized carbons (Fsp3) is 0.125. The first-order valence-electron chi connectivity index (χ1n) is 6.91. The summed E-state index contributed by atoms with van der Waals surface area (Å²) in [6.07, 6.45) is 1.69. The van der Waals surface area contributed by atoms with Crippen molar-refractivity contribution < 1.29 is 0 Å². The Labute approximate surface area is 163 Å². The van der Waals surface area contributed by atoms with Crippen LogP contribution in [0.3, 0.4) is 0 Å². The van der Waals surface area contributed by atoms with E-state index in [2.05, 4.69) is 10.1 Å². The molecule has 0 fully saturated rings. The second-order valence-corrected chi connectivity index (χ2v) is 7.58. The Balaban J connectivity index is 1.62. The minimum atomic E-state index is 0.531. The van der Waals surface area contributed by atoms with Crippen LogP contribution >= 0.6 is 58.2 Å². The highest BCUT2D eigenvalue weighted by molar-refractivity contribution is 7.98. The van der Waals surface area contributed by atoms with E-state index < -0.39 is 0 Å². The topological polar surface area (TPSA) is 30.7 Å². The lowest BCUT2D eigenvalue weighted by molar-refractivity contribution is 0.666. The monoisotopic (exact) mass is 417 g/mol. The van der Waals surface area contributed by atoms with E-state index in [4.69, 9.17) is 46.4 Å². The number of hydrogen-bond donors (Lipinski definition) is 0. The summed E-state index contributed by atoms with van der Waals surface area (Å²) < 4.78 is 1.76. The summed E-state index contributed by atoms with van der Waals surface area (Å²) in [6, 6.07) is 11.1. The third kappa shape index (κ3) is 4.58. The molecule has 1 heterocycles. The number of benzene rings is 2. The van der Waals surface area contributed by atoms with E-state index in [1.807, 2.05) is 24.3 Å². The quantitative estimate of drug-likeness (QED) is 0.460. The first kappa shape index (κ1) is 17.9. The van der Waals surface area contributed by atoms with Crippen molar-refractivity contribution in [2.75, 3.05) is 0 Å². The van der Waals surface area contributed by atoms with Crippen LogP contribution in [-0.4, -0.2) is 14.8 Å². The van der Waals surface area contributed by atoms with Crippen LogP contribution in [0.4, 0.5) is 0 Å². The number of hydrogen-bond acceptors (Lipinski definition) is 3. The maximum absolute atomic E-state index is 6.03. The Kier molecular flexibility index (Phi) is 5.95. The van der Waals surface area contributed by atoms with Gasteiger partial charge in [-0.2, -0.15) is 0 Å². The summed E-state index contributed by atoms with van der Waals surface area (Å²) in [4.78, 5) is 4.30. The largest absolute Gasteiger partial charge is 0.247 e. The van der Waals surface area contributed by atoms with Gasteiger partial charge in [0.2, 0.25) is 5.16 Å². The SMILES string of the molecule is Clc1ccc(CSc2ncn(Cc3ccc(Cl)c(Cl)c3)n2)cc1Cl. The van der Waals surface area contributed by atoms with Crippen molar-refractivity contribution in [1.29, 1.82) is 0 Å². The normalized spacial score (nSPS) is 11.0. The lowest BCUT2D eigenvalue weighted by Gasteiger charge is -2.03. The van der Waals surface area contributed by atoms with E-state index in [0.717, 1.165) is 11.1 Å². The van der Waals surface area contributed by atoms with Crippen LogP contribution in [0.1, 0.15) is 11.1 Å². The molecule has 0 aliphatic carbocycles. The molecule has 0 spiro atoms. The zero-order valence-corrected chi connectivity index (χ0v) is 16.1. The Morgan fingerprint density at radius 2 is 1.46 bits per heavy atom. The van der Waals surface area contributed by atoms with Gasteiger partial charge in [0, 0.05) is 5.75 Å². The minimum Gasteiger partial charge on any atom is -0.247 e. The van der Waals surface area contributed by atoms with Gasteiger partial charge in [-0.25, -0.2) is 9.67 Å². The molecule has 0 bridgehead atoms. The van der Waals surface area contributed by atoms with Gasteiger partial charge in [-0.05, 0) is 35.4 Å². The third-order valence-electron chi connectivity index (χ3n) is 3.20. The highest BCUT2D eigenvalue weighted by Crippen LogP contribution is 2.26. The summed E-state index contributed by atoms with van der Waals surface area (Å²) in [7, 11) is 0. The van der Waals surface area contributed by atoms with E-state index in [0.29, 0.717) is 37.5 Å². The van der Waals surface area contributed by atoms with Gasteiger partial charge < -0.3 is 0 Å². The molecule has 124 valence electrons. The summed E-state index contributed by atoms with van der Waals surface area (Å²) in [5, 5.41) is 7.31. The first-order chi connectivity index (χ1) is 11.5. The number of nitrogens with zero attached hydrogens (tertiary/aromatic N) is 3. The molecule has 0 aliphatic heterocycles. The highest BCUT2D eigenvalue weighted by atomic mass is 35.5. The zero-order valence-electron chi connectivity index (χ0n) is 12.2. The molecule has 3 aromatic rings. The van der Waals surface area contributed by atoms with Crippen LogP contribution in [-0.2, 0) is 12.3 Å². The zero-order chi connectivity index (χ0) is 17.1. The van der Waals surface area contributed by atoms with E-state index >= 15 is 0 Å². The Morgan fingerprint density at radius 3 is 2.12 bits per heavy atom. The molecule has 0 amide bonds. The maximum atomic E-state index is 6.03. The van der Waals surface area contributed by atoms with E-state index in [-0.39, 0.29) is 0 Å². The molecule has 3 nitrogen and oxygen atoms in total. The molecule has 1 aromatic heterocycles. The van der Waals surface area contributed by atoms with Crippen molar-refractivity contribution in [3.8, 4) is 0 Å². The number of thioether (sulfide) groups is 1. The van der Waals surface area contributed by atoms with Crippen molar-refractivity contribution >= 4 is 58.2 Å². The van der Waals surface area contributed by atoms with Gasteiger partial charge in [0.25, 0.3) is 0 Å². The molecule has 0 unspecified atom stereocenters. The fourth-order valence-corrected chi connectivity index (χ4v) is 3.42. The van der Waals surface area contributed by atoms with Gasteiger partial charge in [-0.3, -0.25) is 0 Å². The fourth-order valence-electron chi connectivity index (χ4n) is 2.02. The van der Waals surface area contributed by atoms with Gasteiger partial charge in [0.05, 0.1) is 26.6 Å². The van der Waals surface area contributed by atoms with Crippen molar-refractivity contribution in [2.24, 2.45) is 0 Å². The number of halogens is 4. The van der Waals surface area contributed by atoms with E-state index in [1.54, 1.807) is 23.1 Å². The highest BCUT2D eigenvalue weighted by Gasteiger charge is 2.06. The maximum Gasteiger partial charge on any atom is 0.208 e. The van der Waals surface area contributed by atoms with Crippen LogP contribution in [0, 0.1) is 0 Å². The summed E-state index contributed by atoms with van der Waals surface area (Å²) in [5.41, 5.74) is 2.07. The summed E-state index contributed by atoms with van der Waals surface area (Å²) in [5.74, 6) is 0.716. The molecule has 0 saturated heterocycles. The minimum absolute atomic E-state index is 0.531. The Hall–Kier alpha value is -0.910. The van der Waals surface area contributed by atoms with E-state index in [1.165, 1.54) is 11.8 Å². The molecule has 8 heteroatoms. The van der Waals surface area contributed by atoms with Crippen LogP contribution in [0.15, 0.2) is 47.9 Å². The molecule has 0 N–H and O–H groups in total. The standard InChI is InChI=1S/C16H11Cl4N3S/c17-12-3-1-10(5-14(12)19)7-23-9-21-16(22-23)24-8-11-2-4-13(18)15(20)6-11/h1-6,9H,7-8H2. The van der Waals surface area contributed by atoms with E-state index in [9.17, 15) is 0 Å². The molecule has 0 aliphatic rings. The van der Waals surface area contributed by atoms with Gasteiger partial charge >= 0.3 is 0 Å². The smallest absolute Gasteiger partial charge is 0.208 e. The Morgan fingerprint density at radius 1 is 0.833 bits per heavy atom. The first-order valence-corrected chi connectivity index (χ1v) is 9.41. The number of aromatic nitrogens is 3. The summed E-state index contributed by atoms with van der Waals surface area (Å²) >= 11 is 25.4. The van der Waals surface area contributed by atoms with Crippen molar-refractivity contribution in [3.05, 3.63) is 73.9 Å². The van der Waals surface area contributed by atoms with Gasteiger partial charge in [-0.1, -0.05) is 70.3 Å². The van der Waals surface area contributed by atoms with Crippen LogP contribution in [0.2, 0.25) is 20.1 Å². The molecule has 2 aromatic carbocycles. The second-order valence-electron chi connectivity index (χ2n) is 5.01. The van der Waals surface area contributed by atoms with Crippen molar-refractivity contribution in [1.82, 2.24) is 14.8 Å². The summed E-state index contributed by atoms with van der Waals surface area (Å²) in [6.45, 7) is 0.581. The predicted octanol–water partition coefficient (Wildman–Crippen LogP) is 6.23. The molecular formula is C16H11Cl4N3S. The molecule has 0 radical (unpaired) electrons. The lowest BCUT2D eigenvalue weighted by Crippen LogP contribution is -2.00. The van der Waals surface area contributed by atoms with Crippen LogP contribution in [0.25, 0.3) is 0 Å². The lowest BCUT2D eigenvalue weighted by atomic mass is 10.2.